The summed E-state index contributed by atoms with van der Waals surface area (Å²) in [6.45, 7) is 1.03. The summed E-state index contributed by atoms with van der Waals surface area (Å²) in [5.74, 6) is -2.24. The van der Waals surface area contributed by atoms with Crippen molar-refractivity contribution in [2.75, 3.05) is 39.1 Å². The van der Waals surface area contributed by atoms with Gasteiger partial charge in [-0.15, -0.1) is 0 Å². The highest BCUT2D eigenvalue weighted by atomic mass is 32.2. The molecule has 3 aromatic carbocycles. The van der Waals surface area contributed by atoms with Crippen LogP contribution in [0.1, 0.15) is 22.3 Å². The molecule has 0 unspecified atom stereocenters. The molecule has 0 atom stereocenters. The second kappa shape index (κ2) is 11.4. The fourth-order valence-electron chi connectivity index (χ4n) is 3.92. The molecule has 4 aromatic rings. The SMILES string of the molecule is CN(C)CCCN(C(=O)c1ccc(S(=O)(=O)N(C)Cc2ccccc2)cc1)c1nc2c(F)cc(F)cc2o1. The Morgan fingerprint density at radius 2 is 1.63 bits per heavy atom. The van der Waals surface area contributed by atoms with Crippen molar-refractivity contribution >= 4 is 33.0 Å². The number of rotatable bonds is 10. The number of carbonyl (C=O) groups excluding carboxylic acids is 1. The summed E-state index contributed by atoms with van der Waals surface area (Å²) in [5, 5.41) is 0. The minimum Gasteiger partial charge on any atom is -0.423 e. The van der Waals surface area contributed by atoms with Gasteiger partial charge in [-0.2, -0.15) is 9.29 Å². The molecule has 38 heavy (non-hydrogen) atoms. The van der Waals surface area contributed by atoms with Gasteiger partial charge in [-0.25, -0.2) is 17.2 Å². The van der Waals surface area contributed by atoms with Crippen LogP contribution in [0, 0.1) is 11.6 Å². The molecule has 0 N–H and O–H groups in total. The van der Waals surface area contributed by atoms with Gasteiger partial charge in [-0.1, -0.05) is 30.3 Å². The molecule has 200 valence electrons. The van der Waals surface area contributed by atoms with E-state index < -0.39 is 27.6 Å². The lowest BCUT2D eigenvalue weighted by molar-refractivity contribution is 0.0981. The van der Waals surface area contributed by atoms with Crippen LogP contribution in [0.15, 0.2) is 76.0 Å². The van der Waals surface area contributed by atoms with Crippen molar-refractivity contribution in [2.24, 2.45) is 0 Å². The number of hydrogen-bond acceptors (Lipinski definition) is 6. The molecule has 1 heterocycles. The number of fused-ring (bicyclic) bond motifs is 1. The number of aromatic nitrogens is 1. The van der Waals surface area contributed by atoms with E-state index in [2.05, 4.69) is 4.98 Å². The molecule has 0 aliphatic heterocycles. The van der Waals surface area contributed by atoms with E-state index in [-0.39, 0.29) is 40.7 Å². The van der Waals surface area contributed by atoms with E-state index in [0.717, 1.165) is 11.6 Å². The fraction of sp³-hybridized carbons (Fsp3) is 0.259. The minimum atomic E-state index is -3.81. The Hall–Kier alpha value is -3.67. The van der Waals surface area contributed by atoms with Crippen LogP contribution >= 0.6 is 0 Å². The van der Waals surface area contributed by atoms with E-state index in [1.807, 2.05) is 49.3 Å². The first kappa shape index (κ1) is 27.4. The third-order valence-electron chi connectivity index (χ3n) is 5.92. The first-order chi connectivity index (χ1) is 18.1. The number of nitrogens with zero attached hydrogens (tertiary/aromatic N) is 4. The van der Waals surface area contributed by atoms with E-state index in [0.29, 0.717) is 19.0 Å². The number of anilines is 1. The molecule has 0 radical (unpaired) electrons. The van der Waals surface area contributed by atoms with Crippen LogP contribution in [0.4, 0.5) is 14.8 Å². The van der Waals surface area contributed by atoms with E-state index in [4.69, 9.17) is 4.42 Å². The normalized spacial score (nSPS) is 12.0. The largest absolute Gasteiger partial charge is 0.423 e. The van der Waals surface area contributed by atoms with Gasteiger partial charge in [0.25, 0.3) is 5.91 Å². The van der Waals surface area contributed by atoms with Gasteiger partial charge in [0, 0.05) is 37.8 Å². The number of carbonyl (C=O) groups is 1. The van der Waals surface area contributed by atoms with Gasteiger partial charge in [0.05, 0.1) is 4.90 Å². The van der Waals surface area contributed by atoms with Crippen molar-refractivity contribution in [1.82, 2.24) is 14.2 Å². The van der Waals surface area contributed by atoms with Crippen molar-refractivity contribution in [3.63, 3.8) is 0 Å². The Morgan fingerprint density at radius 1 is 0.947 bits per heavy atom. The molecule has 0 aliphatic carbocycles. The maximum absolute atomic E-state index is 14.2. The second-order valence-electron chi connectivity index (χ2n) is 9.12. The highest BCUT2D eigenvalue weighted by Crippen LogP contribution is 2.27. The first-order valence-electron chi connectivity index (χ1n) is 11.9. The Labute approximate surface area is 220 Å². The van der Waals surface area contributed by atoms with Crippen LogP contribution in [-0.2, 0) is 16.6 Å². The lowest BCUT2D eigenvalue weighted by Crippen LogP contribution is -2.34. The van der Waals surface area contributed by atoms with Gasteiger partial charge in [0.1, 0.15) is 11.3 Å². The summed E-state index contributed by atoms with van der Waals surface area (Å²) in [5.41, 5.74) is 0.724. The third kappa shape index (κ3) is 6.07. The maximum Gasteiger partial charge on any atom is 0.305 e. The molecule has 0 spiro atoms. The molecule has 11 heteroatoms. The zero-order valence-electron chi connectivity index (χ0n) is 21.3. The van der Waals surface area contributed by atoms with Crippen molar-refractivity contribution in [1.29, 1.82) is 0 Å². The number of halogens is 2. The Morgan fingerprint density at radius 3 is 2.29 bits per heavy atom. The van der Waals surface area contributed by atoms with Gasteiger partial charge in [0.2, 0.25) is 10.0 Å². The predicted octanol–water partition coefficient (Wildman–Crippen LogP) is 4.53. The highest BCUT2D eigenvalue weighted by molar-refractivity contribution is 7.89. The molecular formula is C27H28F2N4O4S. The summed E-state index contributed by atoms with van der Waals surface area (Å²) in [6, 6.07) is 16.3. The van der Waals surface area contributed by atoms with Gasteiger partial charge < -0.3 is 9.32 Å². The van der Waals surface area contributed by atoms with Crippen molar-refractivity contribution in [2.45, 2.75) is 17.9 Å². The fourth-order valence-corrected chi connectivity index (χ4v) is 5.08. The Kier molecular flexibility index (Phi) is 8.20. The average Bonchev–Trinajstić information content (AvgIpc) is 3.31. The minimum absolute atomic E-state index is 0.0334. The van der Waals surface area contributed by atoms with E-state index in [1.54, 1.807) is 0 Å². The Balaban J connectivity index is 1.59. The number of sulfonamides is 1. The van der Waals surface area contributed by atoms with Gasteiger partial charge in [-0.05, 0) is 56.9 Å². The van der Waals surface area contributed by atoms with Crippen LogP contribution in [0.25, 0.3) is 11.1 Å². The number of hydrogen-bond donors (Lipinski definition) is 0. The molecule has 0 saturated heterocycles. The van der Waals surface area contributed by atoms with E-state index in [1.165, 1.54) is 40.5 Å². The highest BCUT2D eigenvalue weighted by Gasteiger charge is 2.26. The summed E-state index contributed by atoms with van der Waals surface area (Å²) in [4.78, 5) is 20.8. The Bertz CT molecular complexity index is 1520. The molecule has 0 aliphatic rings. The molecule has 1 aromatic heterocycles. The molecular weight excluding hydrogens is 514 g/mol. The zero-order valence-corrected chi connectivity index (χ0v) is 22.1. The molecule has 1 amide bonds. The molecule has 8 nitrogen and oxygen atoms in total. The smallest absolute Gasteiger partial charge is 0.305 e. The zero-order chi connectivity index (χ0) is 27.4. The van der Waals surface area contributed by atoms with Gasteiger partial charge in [-0.3, -0.25) is 9.69 Å². The predicted molar refractivity (Wildman–Crippen MR) is 140 cm³/mol. The molecule has 4 rings (SSSR count). The monoisotopic (exact) mass is 542 g/mol. The number of amides is 1. The summed E-state index contributed by atoms with van der Waals surface area (Å²) in [6.07, 6.45) is 0.547. The topological polar surface area (TPSA) is 87.0 Å². The van der Waals surface area contributed by atoms with Crippen LogP contribution < -0.4 is 4.90 Å². The molecule has 0 fully saturated rings. The van der Waals surface area contributed by atoms with Crippen molar-refractivity contribution in [3.05, 3.63) is 89.5 Å². The van der Waals surface area contributed by atoms with Crippen molar-refractivity contribution < 1.29 is 26.4 Å². The van der Waals surface area contributed by atoms with Crippen molar-refractivity contribution in [3.8, 4) is 0 Å². The standard InChI is InChI=1S/C27H28F2N4O4S/c1-31(2)14-7-15-33(27-30-25-23(29)16-21(28)17-24(25)37-27)26(34)20-10-12-22(13-11-20)38(35,36)32(3)18-19-8-5-4-6-9-19/h4-6,8-13,16-17H,7,14-15,18H2,1-3H3. The molecule has 0 bridgehead atoms. The molecule has 0 saturated carbocycles. The van der Waals surface area contributed by atoms with Crippen LogP contribution in [0.2, 0.25) is 0 Å². The van der Waals surface area contributed by atoms with E-state index >= 15 is 0 Å². The third-order valence-corrected chi connectivity index (χ3v) is 7.74. The lowest BCUT2D eigenvalue weighted by Gasteiger charge is -2.20. The lowest BCUT2D eigenvalue weighted by atomic mass is 10.2. The summed E-state index contributed by atoms with van der Waals surface area (Å²) >= 11 is 0. The van der Waals surface area contributed by atoms with Gasteiger partial charge >= 0.3 is 6.01 Å². The quantitative estimate of drug-likeness (QED) is 0.293. The van der Waals surface area contributed by atoms with Crippen LogP contribution in [-0.4, -0.2) is 62.7 Å². The summed E-state index contributed by atoms with van der Waals surface area (Å²) < 4.78 is 60.8. The van der Waals surface area contributed by atoms with Crippen LogP contribution in [0.3, 0.4) is 0 Å². The van der Waals surface area contributed by atoms with Crippen LogP contribution in [0.5, 0.6) is 0 Å². The van der Waals surface area contributed by atoms with Gasteiger partial charge in [0.15, 0.2) is 11.4 Å². The summed E-state index contributed by atoms with van der Waals surface area (Å²) in [7, 11) is 1.46. The number of oxazole rings is 1. The maximum atomic E-state index is 14.2. The number of benzene rings is 3. The average molecular weight is 543 g/mol. The van der Waals surface area contributed by atoms with E-state index in [9.17, 15) is 22.0 Å². The first-order valence-corrected chi connectivity index (χ1v) is 13.3. The second-order valence-corrected chi connectivity index (χ2v) is 11.2.